The van der Waals surface area contributed by atoms with E-state index in [1.54, 1.807) is 0 Å². The second-order valence-electron chi connectivity index (χ2n) is 11.8. The molecule has 0 fully saturated rings. The Hall–Kier alpha value is -0.150. The molecule has 216 valence electrons. The Morgan fingerprint density at radius 2 is 1.03 bits per heavy atom. The van der Waals surface area contributed by atoms with Crippen molar-refractivity contribution in [2.24, 2.45) is 0 Å². The smallest absolute Gasteiger partial charge is 0.320 e. The predicted molar refractivity (Wildman–Crippen MR) is 160 cm³/mol. The van der Waals surface area contributed by atoms with Gasteiger partial charge in [0.1, 0.15) is 0 Å². The van der Waals surface area contributed by atoms with E-state index in [0.717, 1.165) is 19.3 Å². The molecule has 5 heteroatoms. The van der Waals surface area contributed by atoms with Crippen LogP contribution >= 0.6 is 7.60 Å². The molecule has 0 aromatic rings. The van der Waals surface area contributed by atoms with Gasteiger partial charge >= 0.3 is 7.60 Å². The summed E-state index contributed by atoms with van der Waals surface area (Å²) >= 11 is 0. The number of hydrogen-bond donors (Lipinski definition) is 1. The fourth-order valence-corrected chi connectivity index (χ4v) is 6.96. The first-order valence-electron chi connectivity index (χ1n) is 15.7. The van der Waals surface area contributed by atoms with Crippen LogP contribution in [0.4, 0.5) is 0 Å². The van der Waals surface area contributed by atoms with Crippen LogP contribution in [0.15, 0.2) is 12.2 Å². The van der Waals surface area contributed by atoms with Gasteiger partial charge in [0.05, 0.1) is 27.7 Å². The number of quaternary nitrogens is 1. The molecular formula is C31H65NO3P+. The first kappa shape index (κ1) is 35.9. The van der Waals surface area contributed by atoms with E-state index in [9.17, 15) is 9.46 Å². The van der Waals surface area contributed by atoms with Gasteiger partial charge < -0.3 is 13.9 Å². The molecule has 0 rings (SSSR count). The third kappa shape index (κ3) is 21.9. The van der Waals surface area contributed by atoms with Crippen molar-refractivity contribution in [3.8, 4) is 0 Å². The van der Waals surface area contributed by atoms with Gasteiger partial charge in [0.15, 0.2) is 5.78 Å². The van der Waals surface area contributed by atoms with E-state index in [1.165, 1.54) is 116 Å². The summed E-state index contributed by atoms with van der Waals surface area (Å²) in [4.78, 5) is 10.4. The first-order chi connectivity index (χ1) is 17.3. The SMILES string of the molecule is CCCCCCC/C=C\CCCCCCCCCCCCCCCOP(=O)(O)C(CCC)[N+](C)(C)C. The Labute approximate surface area is 226 Å². The van der Waals surface area contributed by atoms with Gasteiger partial charge in [-0.25, -0.2) is 0 Å². The largest absolute Gasteiger partial charge is 0.385 e. The van der Waals surface area contributed by atoms with Gasteiger partial charge in [0, 0.05) is 6.42 Å². The predicted octanol–water partition coefficient (Wildman–Crippen LogP) is 10.4. The molecule has 0 radical (unpaired) electrons. The second kappa shape index (κ2) is 23.9. The molecule has 2 atom stereocenters. The number of hydrogen-bond acceptors (Lipinski definition) is 2. The molecular weight excluding hydrogens is 465 g/mol. The molecule has 0 aliphatic rings. The molecule has 1 N–H and O–H groups in total. The highest BCUT2D eigenvalue weighted by Gasteiger charge is 2.41. The molecule has 0 aromatic heterocycles. The highest BCUT2D eigenvalue weighted by atomic mass is 31.2. The molecule has 0 aliphatic carbocycles. The molecule has 0 aliphatic heterocycles. The van der Waals surface area contributed by atoms with E-state index in [1.807, 2.05) is 21.1 Å². The number of unbranched alkanes of at least 4 members (excludes halogenated alkanes) is 18. The Balaban J connectivity index is 3.43. The fourth-order valence-electron chi connectivity index (χ4n) is 4.94. The average Bonchev–Trinajstić information content (AvgIpc) is 2.82. The van der Waals surface area contributed by atoms with Gasteiger partial charge in [0.25, 0.3) is 0 Å². The third-order valence-corrected chi connectivity index (χ3v) is 9.51. The molecule has 0 amide bonds. The van der Waals surface area contributed by atoms with Gasteiger partial charge in [-0.2, -0.15) is 0 Å². The van der Waals surface area contributed by atoms with Gasteiger partial charge in [-0.3, -0.25) is 4.57 Å². The number of nitrogens with zero attached hydrogens (tertiary/aromatic N) is 1. The fraction of sp³-hybridized carbons (Fsp3) is 0.935. The molecule has 0 bridgehead atoms. The quantitative estimate of drug-likeness (QED) is 0.0497. The lowest BCUT2D eigenvalue weighted by Crippen LogP contribution is -2.45. The summed E-state index contributed by atoms with van der Waals surface area (Å²) in [6.45, 7) is 4.74. The lowest BCUT2D eigenvalue weighted by atomic mass is 10.0. The summed E-state index contributed by atoms with van der Waals surface area (Å²) in [7, 11) is 2.36. The molecule has 0 aromatic carbocycles. The van der Waals surface area contributed by atoms with E-state index < -0.39 is 7.60 Å². The first-order valence-corrected chi connectivity index (χ1v) is 17.3. The molecule has 0 saturated heterocycles. The minimum atomic E-state index is -3.57. The summed E-state index contributed by atoms with van der Waals surface area (Å²) in [5.74, 6) is -0.334. The van der Waals surface area contributed by atoms with Crippen molar-refractivity contribution in [2.75, 3.05) is 27.7 Å². The monoisotopic (exact) mass is 530 g/mol. The maximum Gasteiger partial charge on any atom is 0.385 e. The average molecular weight is 531 g/mol. The number of allylic oxidation sites excluding steroid dienone is 2. The van der Waals surface area contributed by atoms with Crippen LogP contribution in [0.1, 0.15) is 155 Å². The maximum absolute atomic E-state index is 12.7. The second-order valence-corrected chi connectivity index (χ2v) is 13.8. The van der Waals surface area contributed by atoms with Crippen molar-refractivity contribution in [3.05, 3.63) is 12.2 Å². The van der Waals surface area contributed by atoms with Crippen molar-refractivity contribution < 1.29 is 18.5 Å². The molecule has 4 nitrogen and oxygen atoms in total. The van der Waals surface area contributed by atoms with Gasteiger partial charge in [-0.1, -0.05) is 122 Å². The maximum atomic E-state index is 12.7. The van der Waals surface area contributed by atoms with E-state index in [2.05, 4.69) is 26.0 Å². The molecule has 0 spiro atoms. The summed E-state index contributed by atoms with van der Waals surface area (Å²) < 4.78 is 18.7. The van der Waals surface area contributed by atoms with Crippen LogP contribution < -0.4 is 0 Å². The topological polar surface area (TPSA) is 46.5 Å². The zero-order valence-electron chi connectivity index (χ0n) is 25.2. The third-order valence-electron chi connectivity index (χ3n) is 7.25. The summed E-state index contributed by atoms with van der Waals surface area (Å²) in [6, 6.07) is 0. The molecule has 36 heavy (non-hydrogen) atoms. The van der Waals surface area contributed by atoms with E-state index in [4.69, 9.17) is 4.52 Å². The van der Waals surface area contributed by atoms with Crippen molar-refractivity contribution in [2.45, 2.75) is 161 Å². The van der Waals surface area contributed by atoms with Crippen LogP contribution in [0, 0.1) is 0 Å². The van der Waals surface area contributed by atoms with Crippen molar-refractivity contribution in [1.82, 2.24) is 0 Å². The highest BCUT2D eigenvalue weighted by molar-refractivity contribution is 7.53. The Morgan fingerprint density at radius 1 is 0.639 bits per heavy atom. The molecule has 0 heterocycles. The van der Waals surface area contributed by atoms with E-state index >= 15 is 0 Å². The van der Waals surface area contributed by atoms with Crippen LogP contribution in [0.2, 0.25) is 0 Å². The van der Waals surface area contributed by atoms with Gasteiger partial charge in [-0.05, 0) is 38.5 Å². The molecule has 2 unspecified atom stereocenters. The lowest BCUT2D eigenvalue weighted by molar-refractivity contribution is -0.883. The Morgan fingerprint density at radius 3 is 1.42 bits per heavy atom. The van der Waals surface area contributed by atoms with Crippen LogP contribution in [0.3, 0.4) is 0 Å². The van der Waals surface area contributed by atoms with Crippen molar-refractivity contribution in [1.29, 1.82) is 0 Å². The number of rotatable bonds is 27. The Kier molecular flexibility index (Phi) is 23.8. The van der Waals surface area contributed by atoms with Crippen LogP contribution in [-0.2, 0) is 9.09 Å². The standard InChI is InChI=1S/C31H64NO3P/c1-6-8-9-10-11-12-13-14-15-16-17-18-19-20-21-22-23-24-25-26-27-28-30-35-36(33,34)31(29-7-2)32(3,4)5/h13-14,31H,6-12,15-30H2,1-5H3/p+1/b14-13-. The van der Waals surface area contributed by atoms with Gasteiger partial charge in [-0.15, -0.1) is 0 Å². The van der Waals surface area contributed by atoms with Crippen molar-refractivity contribution in [3.63, 3.8) is 0 Å². The zero-order valence-corrected chi connectivity index (χ0v) is 26.0. The summed E-state index contributed by atoms with van der Waals surface area (Å²) in [5.41, 5.74) is 0. The highest BCUT2D eigenvalue weighted by Crippen LogP contribution is 2.51. The summed E-state index contributed by atoms with van der Waals surface area (Å²) in [5, 5.41) is 0. The molecule has 0 saturated carbocycles. The minimum absolute atomic E-state index is 0.334. The van der Waals surface area contributed by atoms with Crippen LogP contribution in [-0.4, -0.2) is 42.9 Å². The lowest BCUT2D eigenvalue weighted by Gasteiger charge is -2.35. The van der Waals surface area contributed by atoms with Crippen LogP contribution in [0.25, 0.3) is 0 Å². The Bertz CT molecular complexity index is 544. The zero-order chi connectivity index (χ0) is 27.0. The van der Waals surface area contributed by atoms with E-state index in [-0.39, 0.29) is 5.78 Å². The summed E-state index contributed by atoms with van der Waals surface area (Å²) in [6.07, 6.45) is 32.8. The van der Waals surface area contributed by atoms with Crippen molar-refractivity contribution >= 4 is 7.60 Å². The van der Waals surface area contributed by atoms with E-state index in [0.29, 0.717) is 17.5 Å². The minimum Gasteiger partial charge on any atom is -0.320 e. The van der Waals surface area contributed by atoms with Crippen LogP contribution in [0.5, 0.6) is 0 Å². The normalized spacial score (nSPS) is 14.9. The van der Waals surface area contributed by atoms with Gasteiger partial charge in [0.2, 0.25) is 0 Å².